The highest BCUT2D eigenvalue weighted by atomic mass is 32.2. The Labute approximate surface area is 171 Å². The number of carbonyl (C=O) groups is 1. The molecule has 1 unspecified atom stereocenters. The average Bonchev–Trinajstić information content (AvgIpc) is 3.17. The second-order valence-electron chi connectivity index (χ2n) is 7.57. The number of hydrogen-bond donors (Lipinski definition) is 1. The van der Waals surface area contributed by atoms with Crippen molar-refractivity contribution in [2.45, 2.75) is 45.4 Å². The predicted octanol–water partition coefficient (Wildman–Crippen LogP) is 2.67. The first kappa shape index (κ1) is 20.5. The fourth-order valence-corrected chi connectivity index (χ4v) is 5.80. The van der Waals surface area contributed by atoms with Gasteiger partial charge in [-0.05, 0) is 20.3 Å². The van der Waals surface area contributed by atoms with Gasteiger partial charge in [0.15, 0.2) is 17.5 Å². The number of sulfonamides is 1. The van der Waals surface area contributed by atoms with Gasteiger partial charge in [0.1, 0.15) is 0 Å². The van der Waals surface area contributed by atoms with Crippen LogP contribution in [0.2, 0.25) is 0 Å². The molecule has 0 bridgehead atoms. The highest BCUT2D eigenvalue weighted by molar-refractivity contribution is 7.93. The van der Waals surface area contributed by atoms with Crippen LogP contribution in [-0.4, -0.2) is 47.0 Å². The summed E-state index contributed by atoms with van der Waals surface area (Å²) in [4.78, 5) is 14.2. The molecule has 2 aromatic rings. The predicted molar refractivity (Wildman–Crippen MR) is 103 cm³/mol. The van der Waals surface area contributed by atoms with Crippen LogP contribution in [0.4, 0.5) is 29.3 Å². The Morgan fingerprint density at radius 2 is 1.83 bits per heavy atom. The fourth-order valence-electron chi connectivity index (χ4n) is 3.86. The molecule has 12 heteroatoms. The van der Waals surface area contributed by atoms with Crippen molar-refractivity contribution < 1.29 is 26.4 Å². The molecule has 1 N–H and O–H groups in total. The molecule has 1 aromatic heterocycles. The van der Waals surface area contributed by atoms with Crippen molar-refractivity contribution in [1.82, 2.24) is 14.7 Å². The summed E-state index contributed by atoms with van der Waals surface area (Å²) in [6.07, 6.45) is 1.98. The summed E-state index contributed by atoms with van der Waals surface area (Å²) < 4.78 is 68.0. The van der Waals surface area contributed by atoms with E-state index in [2.05, 4.69) is 10.4 Å². The molecule has 1 aromatic carbocycles. The van der Waals surface area contributed by atoms with Gasteiger partial charge in [-0.15, -0.1) is 0 Å². The van der Waals surface area contributed by atoms with Gasteiger partial charge in [-0.2, -0.15) is 5.10 Å². The van der Waals surface area contributed by atoms with Crippen LogP contribution in [0.1, 0.15) is 26.0 Å². The van der Waals surface area contributed by atoms with Gasteiger partial charge in [-0.25, -0.2) is 26.4 Å². The van der Waals surface area contributed by atoms with Gasteiger partial charge in [0.05, 0.1) is 42.5 Å². The molecule has 0 radical (unpaired) electrons. The molecule has 2 aliphatic rings. The number of rotatable bonds is 2. The van der Waals surface area contributed by atoms with Crippen LogP contribution in [0.3, 0.4) is 0 Å². The third-order valence-corrected chi connectivity index (χ3v) is 7.35. The van der Waals surface area contributed by atoms with E-state index in [1.807, 2.05) is 6.92 Å². The van der Waals surface area contributed by atoms with Gasteiger partial charge < -0.3 is 10.2 Å². The Balaban J connectivity index is 1.60. The summed E-state index contributed by atoms with van der Waals surface area (Å²) >= 11 is 0. The zero-order chi connectivity index (χ0) is 21.8. The number of amides is 2. The molecule has 2 amide bonds. The molecule has 30 heavy (non-hydrogen) atoms. The lowest BCUT2D eigenvalue weighted by Gasteiger charge is -2.35. The monoisotopic (exact) mass is 443 g/mol. The Hall–Kier alpha value is -2.76. The number of benzene rings is 1. The van der Waals surface area contributed by atoms with Gasteiger partial charge in [0.25, 0.3) is 0 Å². The van der Waals surface area contributed by atoms with E-state index in [9.17, 15) is 26.4 Å². The summed E-state index contributed by atoms with van der Waals surface area (Å²) in [5.41, 5.74) is 0.749. The maximum atomic E-state index is 13.4. The van der Waals surface area contributed by atoms with E-state index in [4.69, 9.17) is 0 Å². The Morgan fingerprint density at radius 1 is 1.17 bits per heavy atom. The lowest BCUT2D eigenvalue weighted by atomic mass is 10.2. The normalized spacial score (nSPS) is 22.8. The number of urea groups is 1. The van der Waals surface area contributed by atoms with Crippen LogP contribution in [0.15, 0.2) is 18.3 Å². The molecule has 1 saturated heterocycles. The van der Waals surface area contributed by atoms with Gasteiger partial charge >= 0.3 is 6.03 Å². The van der Waals surface area contributed by atoms with Gasteiger partial charge in [-0.1, -0.05) is 0 Å². The van der Waals surface area contributed by atoms with E-state index < -0.39 is 33.5 Å². The minimum absolute atomic E-state index is 0.0427. The molecule has 8 nitrogen and oxygen atoms in total. The number of nitrogens with one attached hydrogen (secondary N) is 1. The van der Waals surface area contributed by atoms with E-state index in [0.717, 1.165) is 0 Å². The second kappa shape index (κ2) is 7.18. The van der Waals surface area contributed by atoms with Crippen LogP contribution < -0.4 is 9.62 Å². The van der Waals surface area contributed by atoms with Crippen molar-refractivity contribution in [2.24, 2.45) is 0 Å². The topological polar surface area (TPSA) is 87.5 Å². The van der Waals surface area contributed by atoms with Gasteiger partial charge in [0.2, 0.25) is 10.0 Å². The largest absolute Gasteiger partial charge is 0.322 e. The minimum atomic E-state index is -3.46. The second-order valence-corrected chi connectivity index (χ2v) is 9.53. The van der Waals surface area contributed by atoms with Crippen LogP contribution in [0, 0.1) is 17.5 Å². The molecule has 0 saturated carbocycles. The minimum Gasteiger partial charge on any atom is -0.314 e. The summed E-state index contributed by atoms with van der Waals surface area (Å²) in [6, 6.07) is 0.186. The van der Waals surface area contributed by atoms with E-state index >= 15 is 0 Å². The van der Waals surface area contributed by atoms with E-state index in [1.54, 1.807) is 11.6 Å². The average molecular weight is 443 g/mol. The van der Waals surface area contributed by atoms with Crippen molar-refractivity contribution in [3.63, 3.8) is 0 Å². The smallest absolute Gasteiger partial charge is 0.314 e. The number of nitrogens with zero attached hydrogens (tertiary/aromatic N) is 4. The highest BCUT2D eigenvalue weighted by Crippen LogP contribution is 2.34. The summed E-state index contributed by atoms with van der Waals surface area (Å²) in [7, 11) is -3.46. The summed E-state index contributed by atoms with van der Waals surface area (Å²) in [5.74, 6) is -4.40. The van der Waals surface area contributed by atoms with Crippen molar-refractivity contribution in [3.8, 4) is 0 Å². The third-order valence-electron chi connectivity index (χ3n) is 5.44. The van der Waals surface area contributed by atoms with Gasteiger partial charge in [0, 0.05) is 23.9 Å². The maximum absolute atomic E-state index is 13.4. The molecular weight excluding hydrogens is 423 g/mol. The van der Waals surface area contributed by atoms with Crippen LogP contribution in [-0.2, 0) is 23.1 Å². The van der Waals surface area contributed by atoms with Crippen molar-refractivity contribution in [3.05, 3.63) is 41.5 Å². The number of fused-ring (bicyclic) bond motifs is 1. The number of halogens is 3. The zero-order valence-electron chi connectivity index (χ0n) is 16.3. The molecule has 2 atom stereocenters. The van der Waals surface area contributed by atoms with Crippen LogP contribution >= 0.6 is 0 Å². The SMILES string of the molecule is CC1CCS(=O)(=O)N1c1cnn2c1CN(C(=O)Nc1cc(F)c(F)c(F)c1)[C@@H](C)C2. The first-order valence-electron chi connectivity index (χ1n) is 9.37. The standard InChI is InChI=1S/C18H20F3N5O3S/c1-10-3-4-30(28,29)26(10)15-7-22-25-8-11(2)24(9-16(15)25)18(27)23-12-5-13(19)17(21)14(20)6-12/h5-7,10-11H,3-4,8-9H2,1-2H3,(H,23,27)/t10?,11-/m0/s1. The molecule has 3 heterocycles. The van der Waals surface area contributed by atoms with Gasteiger partial charge in [-0.3, -0.25) is 8.99 Å². The summed E-state index contributed by atoms with van der Waals surface area (Å²) in [5, 5.41) is 6.64. The Bertz CT molecular complexity index is 1100. The zero-order valence-corrected chi connectivity index (χ0v) is 17.1. The van der Waals surface area contributed by atoms with Crippen molar-refractivity contribution in [2.75, 3.05) is 15.4 Å². The number of anilines is 2. The maximum Gasteiger partial charge on any atom is 0.322 e. The molecule has 0 aliphatic carbocycles. The molecular formula is C18H20F3N5O3S. The van der Waals surface area contributed by atoms with E-state index in [1.165, 1.54) is 15.4 Å². The lowest BCUT2D eigenvalue weighted by molar-refractivity contribution is 0.161. The highest BCUT2D eigenvalue weighted by Gasteiger charge is 2.39. The Kier molecular flexibility index (Phi) is 4.91. The van der Waals surface area contributed by atoms with E-state index in [0.29, 0.717) is 36.5 Å². The number of hydrogen-bond acceptors (Lipinski definition) is 4. The van der Waals surface area contributed by atoms with Crippen molar-refractivity contribution >= 4 is 27.4 Å². The quantitative estimate of drug-likeness (QED) is 0.723. The third kappa shape index (κ3) is 3.38. The molecule has 4 rings (SSSR count). The number of aromatic nitrogens is 2. The first-order valence-corrected chi connectivity index (χ1v) is 11.0. The summed E-state index contributed by atoms with van der Waals surface area (Å²) in [6.45, 7) is 3.94. The van der Waals surface area contributed by atoms with Crippen LogP contribution in [0.5, 0.6) is 0 Å². The molecule has 1 fully saturated rings. The Morgan fingerprint density at radius 3 is 2.43 bits per heavy atom. The fraction of sp³-hybridized carbons (Fsp3) is 0.444. The molecule has 2 aliphatic heterocycles. The van der Waals surface area contributed by atoms with Crippen LogP contribution in [0.25, 0.3) is 0 Å². The molecule has 162 valence electrons. The molecule has 0 spiro atoms. The van der Waals surface area contributed by atoms with E-state index in [-0.39, 0.29) is 30.1 Å². The first-order chi connectivity index (χ1) is 14.1. The lowest BCUT2D eigenvalue weighted by Crippen LogP contribution is -2.47. The van der Waals surface area contributed by atoms with Crippen molar-refractivity contribution in [1.29, 1.82) is 0 Å². The number of carbonyl (C=O) groups excluding carboxylic acids is 1.